The van der Waals surface area contributed by atoms with E-state index in [9.17, 15) is 9.90 Å². The number of nitrogens with zero attached hydrogens (tertiary/aromatic N) is 3. The maximum absolute atomic E-state index is 12.0. The lowest BCUT2D eigenvalue weighted by Gasteiger charge is -2.35. The SMILES string of the molecule is CC1(O)CCC(N(Cl)C(=O)c2ccncn2)CC1. The van der Waals surface area contributed by atoms with Crippen molar-refractivity contribution < 1.29 is 9.90 Å². The van der Waals surface area contributed by atoms with Gasteiger partial charge < -0.3 is 5.11 Å². The summed E-state index contributed by atoms with van der Waals surface area (Å²) >= 11 is 6.08. The highest BCUT2D eigenvalue weighted by Gasteiger charge is 2.33. The predicted molar refractivity (Wildman–Crippen MR) is 66.9 cm³/mol. The first-order chi connectivity index (χ1) is 8.49. The van der Waals surface area contributed by atoms with Crippen molar-refractivity contribution in [1.29, 1.82) is 0 Å². The second-order valence-electron chi connectivity index (χ2n) is 4.94. The van der Waals surface area contributed by atoms with Crippen LogP contribution in [0.1, 0.15) is 43.1 Å². The van der Waals surface area contributed by atoms with Crippen LogP contribution in [-0.4, -0.2) is 37.0 Å². The van der Waals surface area contributed by atoms with Crippen molar-refractivity contribution in [2.24, 2.45) is 0 Å². The molecule has 1 aromatic rings. The minimum Gasteiger partial charge on any atom is -0.390 e. The molecule has 1 saturated carbocycles. The summed E-state index contributed by atoms with van der Waals surface area (Å²) in [4.78, 5) is 19.7. The first-order valence-electron chi connectivity index (χ1n) is 5.97. The number of carbonyl (C=O) groups excluding carboxylic acids is 1. The highest BCUT2D eigenvalue weighted by atomic mass is 35.5. The number of aromatic nitrogens is 2. The van der Waals surface area contributed by atoms with Gasteiger partial charge in [0.15, 0.2) is 0 Å². The zero-order valence-corrected chi connectivity index (χ0v) is 11.0. The van der Waals surface area contributed by atoms with Gasteiger partial charge in [-0.15, -0.1) is 0 Å². The Morgan fingerprint density at radius 1 is 1.56 bits per heavy atom. The molecule has 1 aromatic heterocycles. The summed E-state index contributed by atoms with van der Waals surface area (Å²) in [6, 6.07) is 1.49. The smallest absolute Gasteiger partial charge is 0.287 e. The van der Waals surface area contributed by atoms with Gasteiger partial charge in [0.2, 0.25) is 0 Å². The highest BCUT2D eigenvalue weighted by molar-refractivity contribution is 6.24. The molecule has 98 valence electrons. The zero-order valence-electron chi connectivity index (χ0n) is 10.2. The Kier molecular flexibility index (Phi) is 3.82. The summed E-state index contributed by atoms with van der Waals surface area (Å²) in [5.41, 5.74) is -0.344. The number of amides is 1. The van der Waals surface area contributed by atoms with Gasteiger partial charge in [-0.1, -0.05) is 0 Å². The van der Waals surface area contributed by atoms with Crippen LogP contribution in [0, 0.1) is 0 Å². The average Bonchev–Trinajstić information content (AvgIpc) is 2.38. The van der Waals surface area contributed by atoms with Crippen LogP contribution in [0.25, 0.3) is 0 Å². The summed E-state index contributed by atoms with van der Waals surface area (Å²) in [5.74, 6) is -0.314. The van der Waals surface area contributed by atoms with E-state index in [1.807, 2.05) is 6.92 Å². The molecule has 18 heavy (non-hydrogen) atoms. The Morgan fingerprint density at radius 3 is 2.78 bits per heavy atom. The Balaban J connectivity index is 2.00. The van der Waals surface area contributed by atoms with E-state index in [0.717, 1.165) is 0 Å². The summed E-state index contributed by atoms with van der Waals surface area (Å²) in [6.45, 7) is 1.81. The van der Waals surface area contributed by atoms with E-state index in [0.29, 0.717) is 25.7 Å². The molecule has 0 bridgehead atoms. The minimum atomic E-state index is -0.633. The Hall–Kier alpha value is -1.20. The number of carbonyl (C=O) groups is 1. The number of hydrogen-bond donors (Lipinski definition) is 1. The molecule has 0 atom stereocenters. The summed E-state index contributed by atoms with van der Waals surface area (Å²) < 4.78 is 1.21. The molecule has 1 fully saturated rings. The van der Waals surface area contributed by atoms with Crippen LogP contribution < -0.4 is 0 Å². The van der Waals surface area contributed by atoms with Gasteiger partial charge in [0.1, 0.15) is 12.0 Å². The van der Waals surface area contributed by atoms with E-state index in [2.05, 4.69) is 9.97 Å². The quantitative estimate of drug-likeness (QED) is 0.831. The van der Waals surface area contributed by atoms with E-state index in [1.165, 1.54) is 23.0 Å². The summed E-state index contributed by atoms with van der Waals surface area (Å²) in [7, 11) is 0. The van der Waals surface area contributed by atoms with Crippen molar-refractivity contribution >= 4 is 17.7 Å². The molecule has 6 heteroatoms. The first-order valence-corrected chi connectivity index (χ1v) is 6.31. The third kappa shape index (κ3) is 2.97. The second kappa shape index (κ2) is 5.20. The molecular weight excluding hydrogens is 254 g/mol. The van der Waals surface area contributed by atoms with Crippen LogP contribution in [0.3, 0.4) is 0 Å². The molecule has 2 rings (SSSR count). The number of aliphatic hydroxyl groups is 1. The molecule has 0 aliphatic heterocycles. The van der Waals surface area contributed by atoms with Gasteiger partial charge in [-0.05, 0) is 38.7 Å². The van der Waals surface area contributed by atoms with Gasteiger partial charge in [0.25, 0.3) is 5.91 Å². The first kappa shape index (κ1) is 13.2. The van der Waals surface area contributed by atoms with Gasteiger partial charge in [0, 0.05) is 24.0 Å². The van der Waals surface area contributed by atoms with Crippen LogP contribution in [0.5, 0.6) is 0 Å². The molecular formula is C12H16ClN3O2. The molecule has 5 nitrogen and oxygen atoms in total. The Morgan fingerprint density at radius 2 is 2.22 bits per heavy atom. The standard InChI is InChI=1S/C12H16ClN3O2/c1-12(18)5-2-9(3-6-12)16(13)11(17)10-4-7-14-8-15-10/h4,7-9,18H,2-3,5-6H2,1H3. The average molecular weight is 270 g/mol. The normalized spacial score (nSPS) is 27.8. The van der Waals surface area contributed by atoms with E-state index in [4.69, 9.17) is 11.8 Å². The Bertz CT molecular complexity index is 415. The van der Waals surface area contributed by atoms with Crippen LogP contribution in [0.2, 0.25) is 0 Å². The van der Waals surface area contributed by atoms with Gasteiger partial charge in [-0.3, -0.25) is 4.79 Å². The molecule has 1 aliphatic carbocycles. The number of halogens is 1. The molecule has 0 unspecified atom stereocenters. The molecule has 1 aliphatic rings. The van der Waals surface area contributed by atoms with Gasteiger partial charge in [-0.25, -0.2) is 14.4 Å². The van der Waals surface area contributed by atoms with Crippen LogP contribution in [-0.2, 0) is 0 Å². The predicted octanol–water partition coefficient (Wildman–Crippen LogP) is 1.77. The lowest BCUT2D eigenvalue weighted by Crippen LogP contribution is -2.41. The number of rotatable bonds is 2. The molecule has 0 radical (unpaired) electrons. The third-order valence-electron chi connectivity index (χ3n) is 3.35. The monoisotopic (exact) mass is 269 g/mol. The van der Waals surface area contributed by atoms with Crippen molar-refractivity contribution in [1.82, 2.24) is 14.4 Å². The fraction of sp³-hybridized carbons (Fsp3) is 0.583. The maximum atomic E-state index is 12.0. The van der Waals surface area contributed by atoms with Crippen molar-refractivity contribution in [2.75, 3.05) is 0 Å². The van der Waals surface area contributed by atoms with Gasteiger partial charge in [-0.2, -0.15) is 0 Å². The van der Waals surface area contributed by atoms with Crippen molar-refractivity contribution in [3.8, 4) is 0 Å². The lowest BCUT2D eigenvalue weighted by atomic mass is 9.83. The highest BCUT2D eigenvalue weighted by Crippen LogP contribution is 2.31. The van der Waals surface area contributed by atoms with E-state index < -0.39 is 5.60 Å². The molecule has 0 saturated heterocycles. The maximum Gasteiger partial charge on any atom is 0.287 e. The fourth-order valence-corrected chi connectivity index (χ4v) is 2.43. The van der Waals surface area contributed by atoms with Crippen LogP contribution >= 0.6 is 11.8 Å². The molecule has 1 amide bonds. The third-order valence-corrected chi connectivity index (χ3v) is 3.78. The second-order valence-corrected chi connectivity index (χ2v) is 5.30. The van der Waals surface area contributed by atoms with Crippen molar-refractivity contribution in [3.63, 3.8) is 0 Å². The largest absolute Gasteiger partial charge is 0.390 e. The molecule has 0 aromatic carbocycles. The number of hydrogen-bond acceptors (Lipinski definition) is 4. The topological polar surface area (TPSA) is 66.3 Å². The summed E-state index contributed by atoms with van der Waals surface area (Å²) in [6.07, 6.45) is 5.54. The molecule has 1 N–H and O–H groups in total. The minimum absolute atomic E-state index is 0.0469. The zero-order chi connectivity index (χ0) is 13.2. The van der Waals surface area contributed by atoms with Crippen molar-refractivity contribution in [3.05, 3.63) is 24.3 Å². The molecule has 0 spiro atoms. The van der Waals surface area contributed by atoms with Gasteiger partial charge >= 0.3 is 0 Å². The molecule has 1 heterocycles. The van der Waals surface area contributed by atoms with Gasteiger partial charge in [0.05, 0.1) is 5.60 Å². The van der Waals surface area contributed by atoms with E-state index in [1.54, 1.807) is 0 Å². The lowest BCUT2D eigenvalue weighted by molar-refractivity contribution is 0.00597. The van der Waals surface area contributed by atoms with E-state index in [-0.39, 0.29) is 17.6 Å². The van der Waals surface area contributed by atoms with E-state index >= 15 is 0 Å². The van der Waals surface area contributed by atoms with Crippen LogP contribution in [0.4, 0.5) is 0 Å². The summed E-state index contributed by atoms with van der Waals surface area (Å²) in [5, 5.41) is 9.86. The Labute approximate surface area is 111 Å². The van der Waals surface area contributed by atoms with Crippen LogP contribution in [0.15, 0.2) is 18.6 Å². The van der Waals surface area contributed by atoms with Crippen molar-refractivity contribution in [2.45, 2.75) is 44.2 Å². The fourth-order valence-electron chi connectivity index (χ4n) is 2.14.